The third-order valence-electron chi connectivity index (χ3n) is 1.80. The Kier molecular flexibility index (Phi) is 1.94. The molecule has 6 heteroatoms. The zero-order chi connectivity index (χ0) is 10.2. The molecule has 0 bridgehead atoms. The van der Waals surface area contributed by atoms with Gasteiger partial charge in [0.15, 0.2) is 0 Å². The number of para-hydroxylation sites is 1. The maximum absolute atomic E-state index is 11.2. The summed E-state index contributed by atoms with van der Waals surface area (Å²) in [6.45, 7) is 0. The first-order chi connectivity index (χ1) is 6.59. The third kappa shape index (κ3) is 1.45. The Morgan fingerprint density at radius 2 is 2.07 bits per heavy atom. The molecule has 0 unspecified atom stereocenters. The predicted octanol–water partition coefficient (Wildman–Crippen LogP) is 0.277. The van der Waals surface area contributed by atoms with Gasteiger partial charge < -0.3 is 0 Å². The Morgan fingerprint density at radius 1 is 1.29 bits per heavy atom. The molecule has 0 radical (unpaired) electrons. The van der Waals surface area contributed by atoms with Crippen molar-refractivity contribution >= 4 is 20.9 Å². The van der Waals surface area contributed by atoms with Gasteiger partial charge in [-0.05, 0) is 6.07 Å². The average Bonchev–Trinajstić information content (AvgIpc) is 2.15. The molecule has 2 rings (SSSR count). The van der Waals surface area contributed by atoms with Gasteiger partial charge in [0.25, 0.3) is 0 Å². The lowest BCUT2D eigenvalue weighted by atomic mass is 10.2. The van der Waals surface area contributed by atoms with E-state index < -0.39 is 10.0 Å². The van der Waals surface area contributed by atoms with E-state index in [2.05, 4.69) is 9.97 Å². The van der Waals surface area contributed by atoms with Gasteiger partial charge in [-0.25, -0.2) is 23.5 Å². The summed E-state index contributed by atoms with van der Waals surface area (Å²) < 4.78 is 22.3. The monoisotopic (exact) mass is 209 g/mol. The summed E-state index contributed by atoms with van der Waals surface area (Å²) in [5.41, 5.74) is 0.352. The maximum atomic E-state index is 11.2. The van der Waals surface area contributed by atoms with Crippen LogP contribution in [-0.4, -0.2) is 18.4 Å². The Bertz CT molecular complexity index is 575. The molecule has 0 saturated carbocycles. The van der Waals surface area contributed by atoms with Crippen LogP contribution in [0.4, 0.5) is 0 Å². The minimum Gasteiger partial charge on any atom is -0.244 e. The molecule has 5 nitrogen and oxygen atoms in total. The van der Waals surface area contributed by atoms with E-state index in [0.717, 1.165) is 0 Å². The quantitative estimate of drug-likeness (QED) is 0.730. The van der Waals surface area contributed by atoms with Crippen molar-refractivity contribution in [1.29, 1.82) is 0 Å². The topological polar surface area (TPSA) is 85.9 Å². The number of nitrogens with two attached hydrogens (primary N) is 1. The van der Waals surface area contributed by atoms with Gasteiger partial charge in [0.2, 0.25) is 10.0 Å². The number of nitrogens with zero attached hydrogens (tertiary/aromatic N) is 2. The third-order valence-corrected chi connectivity index (χ3v) is 2.75. The summed E-state index contributed by atoms with van der Waals surface area (Å²) in [5, 5.41) is 5.69. The molecule has 0 aliphatic rings. The number of hydrogen-bond acceptors (Lipinski definition) is 4. The second-order valence-corrected chi connectivity index (χ2v) is 4.29. The molecule has 1 heterocycles. The highest BCUT2D eigenvalue weighted by Crippen LogP contribution is 2.17. The summed E-state index contributed by atoms with van der Waals surface area (Å²) in [7, 11) is -3.72. The van der Waals surface area contributed by atoms with Crippen LogP contribution in [0, 0.1) is 0 Å². The van der Waals surface area contributed by atoms with E-state index in [4.69, 9.17) is 5.14 Å². The normalized spacial score (nSPS) is 11.8. The van der Waals surface area contributed by atoms with Gasteiger partial charge >= 0.3 is 0 Å². The Balaban J connectivity index is 2.92. The number of primary sulfonamides is 1. The highest BCUT2D eigenvalue weighted by molar-refractivity contribution is 7.89. The van der Waals surface area contributed by atoms with Crippen LogP contribution in [-0.2, 0) is 10.0 Å². The lowest BCUT2D eigenvalue weighted by molar-refractivity contribution is 0.598. The number of hydrogen-bond donors (Lipinski definition) is 1. The van der Waals surface area contributed by atoms with E-state index in [1.807, 2.05) is 0 Å². The van der Waals surface area contributed by atoms with Gasteiger partial charge in [0.05, 0.1) is 5.52 Å². The first-order valence-corrected chi connectivity index (χ1v) is 5.35. The molecular weight excluding hydrogens is 202 g/mol. The Labute approximate surface area is 80.7 Å². The molecule has 72 valence electrons. The van der Waals surface area contributed by atoms with Crippen LogP contribution in [0.1, 0.15) is 0 Å². The van der Waals surface area contributed by atoms with Crippen molar-refractivity contribution in [2.75, 3.05) is 0 Å². The van der Waals surface area contributed by atoms with Crippen LogP contribution in [0.3, 0.4) is 0 Å². The van der Waals surface area contributed by atoms with Crippen LogP contribution in [0.25, 0.3) is 10.9 Å². The fourth-order valence-electron chi connectivity index (χ4n) is 1.22. The van der Waals surface area contributed by atoms with E-state index in [0.29, 0.717) is 10.9 Å². The maximum Gasteiger partial charge on any atom is 0.240 e. The van der Waals surface area contributed by atoms with E-state index in [-0.39, 0.29) is 4.90 Å². The highest BCUT2D eigenvalue weighted by atomic mass is 32.2. The van der Waals surface area contributed by atoms with Crippen molar-refractivity contribution in [2.24, 2.45) is 5.14 Å². The Morgan fingerprint density at radius 3 is 2.79 bits per heavy atom. The van der Waals surface area contributed by atoms with Gasteiger partial charge in [-0.15, -0.1) is 0 Å². The predicted molar refractivity (Wildman–Crippen MR) is 50.9 cm³/mol. The number of rotatable bonds is 1. The molecular formula is C8H7N3O2S. The smallest absolute Gasteiger partial charge is 0.240 e. The molecule has 0 aliphatic heterocycles. The van der Waals surface area contributed by atoms with Crippen LogP contribution >= 0.6 is 0 Å². The zero-order valence-corrected chi connectivity index (χ0v) is 7.90. The van der Waals surface area contributed by atoms with Gasteiger partial charge in [0, 0.05) is 11.6 Å². The molecule has 0 saturated heterocycles. The molecule has 14 heavy (non-hydrogen) atoms. The first-order valence-electron chi connectivity index (χ1n) is 3.80. The van der Waals surface area contributed by atoms with Crippen LogP contribution in [0.5, 0.6) is 0 Å². The molecule has 0 aliphatic carbocycles. The summed E-state index contributed by atoms with van der Waals surface area (Å²) in [6, 6.07) is 4.75. The number of benzene rings is 1. The molecule has 1 aromatic heterocycles. The van der Waals surface area contributed by atoms with Gasteiger partial charge in [-0.1, -0.05) is 12.1 Å². The molecule has 1 aromatic carbocycles. The molecule has 0 atom stereocenters. The molecule has 0 fully saturated rings. The molecule has 0 amide bonds. The van der Waals surface area contributed by atoms with Crippen molar-refractivity contribution < 1.29 is 8.42 Å². The van der Waals surface area contributed by atoms with E-state index >= 15 is 0 Å². The summed E-state index contributed by atoms with van der Waals surface area (Å²) in [6.07, 6.45) is 2.83. The number of aromatic nitrogens is 2. The van der Waals surface area contributed by atoms with Gasteiger partial charge in [0.1, 0.15) is 11.2 Å². The highest BCUT2D eigenvalue weighted by Gasteiger charge is 2.12. The van der Waals surface area contributed by atoms with Crippen LogP contribution < -0.4 is 5.14 Å². The van der Waals surface area contributed by atoms with Crippen molar-refractivity contribution in [2.45, 2.75) is 4.90 Å². The minimum atomic E-state index is -3.72. The largest absolute Gasteiger partial charge is 0.244 e. The van der Waals surface area contributed by atoms with Gasteiger partial charge in [-0.3, -0.25) is 0 Å². The van der Waals surface area contributed by atoms with E-state index in [1.54, 1.807) is 12.1 Å². The van der Waals surface area contributed by atoms with Crippen molar-refractivity contribution in [3.8, 4) is 0 Å². The second kappa shape index (κ2) is 3.00. The fraction of sp³-hybridized carbons (Fsp3) is 0. The summed E-state index contributed by atoms with van der Waals surface area (Å²) in [4.78, 5) is 7.69. The SMILES string of the molecule is NS(=O)(=O)c1cccc2cncnc12. The number of fused-ring (bicyclic) bond motifs is 1. The van der Waals surface area contributed by atoms with Crippen LogP contribution in [0.2, 0.25) is 0 Å². The van der Waals surface area contributed by atoms with Crippen molar-refractivity contribution in [3.05, 3.63) is 30.7 Å². The Hall–Kier alpha value is -1.53. The lowest BCUT2D eigenvalue weighted by Crippen LogP contribution is -2.12. The number of sulfonamides is 1. The van der Waals surface area contributed by atoms with E-state index in [1.165, 1.54) is 18.6 Å². The first kappa shape index (κ1) is 9.04. The molecule has 2 N–H and O–H groups in total. The lowest BCUT2D eigenvalue weighted by Gasteiger charge is -2.01. The minimum absolute atomic E-state index is 0.0254. The zero-order valence-electron chi connectivity index (χ0n) is 7.08. The van der Waals surface area contributed by atoms with Crippen molar-refractivity contribution in [3.63, 3.8) is 0 Å². The van der Waals surface area contributed by atoms with Crippen molar-refractivity contribution in [1.82, 2.24) is 9.97 Å². The molecule has 2 aromatic rings. The van der Waals surface area contributed by atoms with E-state index in [9.17, 15) is 8.42 Å². The van der Waals surface area contributed by atoms with Gasteiger partial charge in [-0.2, -0.15) is 0 Å². The average molecular weight is 209 g/mol. The standard InChI is InChI=1S/C8H7N3O2S/c9-14(12,13)7-3-1-2-6-4-10-5-11-8(6)7/h1-5H,(H2,9,12,13). The van der Waals surface area contributed by atoms with Crippen LogP contribution in [0.15, 0.2) is 35.6 Å². The summed E-state index contributed by atoms with van der Waals surface area (Å²) >= 11 is 0. The second-order valence-electron chi connectivity index (χ2n) is 2.76. The molecule has 0 spiro atoms. The summed E-state index contributed by atoms with van der Waals surface area (Å²) in [5.74, 6) is 0. The fourth-order valence-corrected chi connectivity index (χ4v) is 1.92.